The van der Waals surface area contributed by atoms with Crippen LogP contribution in [0.2, 0.25) is 0 Å². The number of aliphatic imine (C=N–C) groups is 2. The first-order valence-corrected chi connectivity index (χ1v) is 9.69. The molecule has 0 aromatic carbocycles. The molecule has 2 rings (SSSR count). The van der Waals surface area contributed by atoms with Crippen LogP contribution < -0.4 is 9.97 Å². The van der Waals surface area contributed by atoms with Gasteiger partial charge in [0.15, 0.2) is 0 Å². The molecule has 2 aromatic rings. The summed E-state index contributed by atoms with van der Waals surface area (Å²) >= 11 is 0. The molecule has 0 amide bonds. The minimum atomic E-state index is -10.7. The van der Waals surface area contributed by atoms with E-state index in [2.05, 4.69) is 20.0 Å². The Morgan fingerprint density at radius 1 is 0.929 bits per heavy atom. The van der Waals surface area contributed by atoms with Crippen LogP contribution in [0.5, 0.6) is 0 Å². The average Bonchev–Trinajstić information content (AvgIpc) is 3.17. The average molecular weight is 612 g/mol. The summed E-state index contributed by atoms with van der Waals surface area (Å²) in [6, 6.07) is 7.61. The van der Waals surface area contributed by atoms with Gasteiger partial charge in [0, 0.05) is 19.0 Å². The normalized spacial score (nSPS) is 15.4. The van der Waals surface area contributed by atoms with E-state index in [0.29, 0.717) is 19.7 Å². The second-order valence-electron chi connectivity index (χ2n) is 5.15. The maximum atomic E-state index is 9.87. The first kappa shape index (κ1) is 26.6. The molecule has 2 heterocycles. The van der Waals surface area contributed by atoms with Gasteiger partial charge in [-0.2, -0.15) is 12.4 Å². The first-order valence-electron chi connectivity index (χ1n) is 7.66. The van der Waals surface area contributed by atoms with Crippen LogP contribution in [0.25, 0.3) is 0 Å². The van der Waals surface area contributed by atoms with Crippen molar-refractivity contribution in [3.05, 3.63) is 48.0 Å². The summed E-state index contributed by atoms with van der Waals surface area (Å²) in [5.41, 5.74) is 1.73. The van der Waals surface area contributed by atoms with E-state index in [9.17, 15) is 25.2 Å². The van der Waals surface area contributed by atoms with Crippen LogP contribution in [0.4, 0.5) is 25.2 Å². The van der Waals surface area contributed by atoms with Crippen molar-refractivity contribution in [2.45, 2.75) is 13.0 Å². The molecule has 162 valence electrons. The Balaban J connectivity index is 0.000000786. The predicted octanol–water partition coefficient (Wildman–Crippen LogP) is 4.92. The molecule has 0 radical (unpaired) electrons. The molecule has 0 fully saturated rings. The number of hydrogen-bond acceptors (Lipinski definition) is 3. The smallest absolute Gasteiger partial charge is 3.00 e. The topological polar surface area (TPSA) is 62.1 Å². The zero-order valence-electron chi connectivity index (χ0n) is 14.5. The van der Waals surface area contributed by atoms with Crippen molar-refractivity contribution in [1.29, 1.82) is 0 Å². The molecule has 0 aliphatic heterocycles. The number of ether oxygens (including phenoxy) is 1. The van der Waals surface area contributed by atoms with E-state index in [1.54, 1.807) is 24.8 Å². The fourth-order valence-electron chi connectivity index (χ4n) is 1.71. The first-order chi connectivity index (χ1) is 12.3. The van der Waals surface area contributed by atoms with Crippen LogP contribution in [0.3, 0.4) is 0 Å². The van der Waals surface area contributed by atoms with Gasteiger partial charge < -0.3 is 14.7 Å². The molecular formula is C15H18AuF6N4OP. The van der Waals surface area contributed by atoms with Crippen molar-refractivity contribution in [2.75, 3.05) is 19.7 Å². The Hall–Kier alpha value is -1.39. The second-order valence-corrected chi connectivity index (χ2v) is 7.07. The van der Waals surface area contributed by atoms with Gasteiger partial charge in [0.05, 0.1) is 19.2 Å². The van der Waals surface area contributed by atoms with Crippen LogP contribution in [0, 0.1) is 0 Å². The van der Waals surface area contributed by atoms with E-state index in [1.165, 1.54) is 0 Å². The molecule has 13 heteroatoms. The maximum absolute atomic E-state index is 10.7. The number of aromatic nitrogens is 2. The minimum Gasteiger partial charge on any atom is 3.00 e. The van der Waals surface area contributed by atoms with Crippen molar-refractivity contribution in [2.24, 2.45) is 9.98 Å². The monoisotopic (exact) mass is 612 g/mol. The van der Waals surface area contributed by atoms with Crippen molar-refractivity contribution >= 4 is 20.2 Å². The van der Waals surface area contributed by atoms with E-state index in [1.807, 2.05) is 31.2 Å². The Bertz CT molecular complexity index is 660. The second kappa shape index (κ2) is 10.4. The fourth-order valence-corrected chi connectivity index (χ4v) is 1.71. The van der Waals surface area contributed by atoms with Gasteiger partial charge in [-0.1, -0.05) is 24.3 Å². The Kier molecular flexibility index (Phi) is 9.89. The number of halogens is 6. The SMILES string of the molecule is CCOC(CN=Cc1ccc[n-]1)CN=Cc1ccc[n-]1.F[P-](F)(F)(F)(F)F.[Au+3]. The molecule has 0 saturated heterocycles. The Labute approximate surface area is 173 Å². The summed E-state index contributed by atoms with van der Waals surface area (Å²) < 4.78 is 64.8. The van der Waals surface area contributed by atoms with Gasteiger partial charge in [-0.15, -0.1) is 11.4 Å². The summed E-state index contributed by atoms with van der Waals surface area (Å²) in [6.45, 7) is 3.77. The molecular weight excluding hydrogens is 594 g/mol. The van der Waals surface area contributed by atoms with Crippen molar-refractivity contribution in [3.8, 4) is 0 Å². The zero-order valence-corrected chi connectivity index (χ0v) is 17.6. The van der Waals surface area contributed by atoms with E-state index < -0.39 is 7.81 Å². The van der Waals surface area contributed by atoms with Gasteiger partial charge in [-0.25, -0.2) is 0 Å². The molecule has 0 aliphatic carbocycles. The van der Waals surface area contributed by atoms with Gasteiger partial charge in [0.25, 0.3) is 0 Å². The van der Waals surface area contributed by atoms with Crippen LogP contribution in [0.15, 0.2) is 46.6 Å². The molecule has 0 unspecified atom stereocenters. The van der Waals surface area contributed by atoms with Crippen molar-refractivity contribution in [3.63, 3.8) is 0 Å². The third kappa shape index (κ3) is 18.0. The van der Waals surface area contributed by atoms with Crippen molar-refractivity contribution < 1.29 is 52.3 Å². The van der Waals surface area contributed by atoms with Crippen LogP contribution in [-0.2, 0) is 27.1 Å². The third-order valence-electron chi connectivity index (χ3n) is 2.62. The quantitative estimate of drug-likeness (QED) is 0.184. The summed E-state index contributed by atoms with van der Waals surface area (Å²) in [5, 5.41) is 0. The summed E-state index contributed by atoms with van der Waals surface area (Å²) in [4.78, 5) is 16.9. The van der Waals surface area contributed by atoms with Gasteiger partial charge in [0.1, 0.15) is 0 Å². The molecule has 5 nitrogen and oxygen atoms in total. The van der Waals surface area contributed by atoms with E-state index in [-0.39, 0.29) is 28.5 Å². The molecule has 0 spiro atoms. The molecule has 0 atom stereocenters. The molecule has 0 saturated carbocycles. The van der Waals surface area contributed by atoms with E-state index >= 15 is 0 Å². The van der Waals surface area contributed by atoms with Crippen LogP contribution >= 0.6 is 7.81 Å². The standard InChI is InChI=1S/C15H18N4O.Au.F6P/c1-2-20-15(11-16-9-13-5-3-7-18-13)12-17-10-14-6-4-8-19-14;;1-7(2,3,4,5)6/h3-10,15H,2,11-12H2,1H3;;/q-2;+3;-1. The number of hydrogen-bond donors (Lipinski definition) is 0. The minimum absolute atomic E-state index is 0. The number of rotatable bonds is 8. The van der Waals surface area contributed by atoms with Gasteiger partial charge in [-0.05, 0) is 6.92 Å². The van der Waals surface area contributed by atoms with Gasteiger partial charge in [-0.3, -0.25) is 9.98 Å². The Morgan fingerprint density at radius 3 is 1.61 bits per heavy atom. The molecule has 0 bridgehead atoms. The predicted molar refractivity (Wildman–Crippen MR) is 93.4 cm³/mol. The van der Waals surface area contributed by atoms with Gasteiger partial charge in [0.2, 0.25) is 0 Å². The summed E-state index contributed by atoms with van der Waals surface area (Å²) in [7, 11) is -10.7. The maximum Gasteiger partial charge on any atom is 3.00 e. The largest absolute Gasteiger partial charge is 3.00 e. The number of nitrogens with zero attached hydrogens (tertiary/aromatic N) is 4. The molecule has 0 N–H and O–H groups in total. The summed E-state index contributed by atoms with van der Waals surface area (Å²) in [6.07, 6.45) is 7.00. The van der Waals surface area contributed by atoms with Crippen LogP contribution in [-0.4, -0.2) is 38.2 Å². The third-order valence-corrected chi connectivity index (χ3v) is 2.62. The van der Waals surface area contributed by atoms with Gasteiger partial charge >= 0.3 is 55.4 Å². The molecule has 0 aliphatic rings. The molecule has 28 heavy (non-hydrogen) atoms. The summed E-state index contributed by atoms with van der Waals surface area (Å²) in [5.74, 6) is 0. The van der Waals surface area contributed by atoms with Crippen LogP contribution in [0.1, 0.15) is 18.3 Å². The van der Waals surface area contributed by atoms with Crippen molar-refractivity contribution in [1.82, 2.24) is 9.97 Å². The Morgan fingerprint density at radius 2 is 1.32 bits per heavy atom. The molecule has 2 aromatic heterocycles. The fraction of sp³-hybridized carbons (Fsp3) is 0.333. The van der Waals surface area contributed by atoms with E-state index in [0.717, 1.165) is 11.4 Å². The van der Waals surface area contributed by atoms with E-state index in [4.69, 9.17) is 4.74 Å². The zero-order chi connectivity index (χ0) is 20.5.